The molecule has 2 nitrogen and oxygen atoms in total. The third-order valence-corrected chi connectivity index (χ3v) is 4.19. The highest BCUT2D eigenvalue weighted by atomic mass is 32.1. The van der Waals surface area contributed by atoms with E-state index in [-0.39, 0.29) is 0 Å². The molecule has 0 bridgehead atoms. The summed E-state index contributed by atoms with van der Waals surface area (Å²) in [5.74, 6) is 0.895. The summed E-state index contributed by atoms with van der Waals surface area (Å²) in [4.78, 5) is 3.22. The molecule has 2 aromatic rings. The molecular formula is C19H23NOS. The average Bonchev–Trinajstić information content (AvgIpc) is 2.59. The zero-order chi connectivity index (χ0) is 15.8. The Morgan fingerprint density at radius 3 is 2.09 bits per heavy atom. The highest BCUT2D eigenvalue weighted by Crippen LogP contribution is 2.16. The van der Waals surface area contributed by atoms with Gasteiger partial charge in [0.05, 0.1) is 4.86 Å². The summed E-state index contributed by atoms with van der Waals surface area (Å²) in [6, 6.07) is 18.1. The fourth-order valence-corrected chi connectivity index (χ4v) is 2.56. The summed E-state index contributed by atoms with van der Waals surface area (Å²) in [5, 5.41) is 0. The Kier molecular flexibility index (Phi) is 6.56. The van der Waals surface area contributed by atoms with Crippen LogP contribution in [-0.2, 0) is 0 Å². The van der Waals surface area contributed by atoms with Gasteiger partial charge >= 0.3 is 0 Å². The van der Waals surface area contributed by atoms with E-state index < -0.39 is 0 Å². The summed E-state index contributed by atoms with van der Waals surface area (Å²) in [6.07, 6.45) is 0. The maximum Gasteiger partial charge on any atom is 0.119 e. The van der Waals surface area contributed by atoms with E-state index in [9.17, 15) is 0 Å². The molecule has 0 N–H and O–H groups in total. The largest absolute Gasteiger partial charge is 0.492 e. The average molecular weight is 313 g/mol. The van der Waals surface area contributed by atoms with Gasteiger partial charge < -0.3 is 9.64 Å². The third-order valence-electron chi connectivity index (χ3n) is 3.72. The maximum absolute atomic E-state index is 5.80. The molecule has 0 saturated heterocycles. The van der Waals surface area contributed by atoms with Crippen molar-refractivity contribution in [2.45, 2.75) is 13.8 Å². The molecule has 2 aromatic carbocycles. The summed E-state index contributed by atoms with van der Waals surface area (Å²) in [7, 11) is 0. The Balaban J connectivity index is 1.92. The lowest BCUT2D eigenvalue weighted by Crippen LogP contribution is -2.27. The molecule has 22 heavy (non-hydrogen) atoms. The molecule has 0 unspecified atom stereocenters. The van der Waals surface area contributed by atoms with Gasteiger partial charge in [0.25, 0.3) is 0 Å². The molecule has 0 aliphatic rings. The van der Waals surface area contributed by atoms with E-state index in [2.05, 4.69) is 18.7 Å². The van der Waals surface area contributed by atoms with Gasteiger partial charge in [-0.15, -0.1) is 0 Å². The van der Waals surface area contributed by atoms with Crippen LogP contribution in [0, 0.1) is 0 Å². The fourth-order valence-electron chi connectivity index (χ4n) is 2.29. The quantitative estimate of drug-likeness (QED) is 0.536. The molecule has 0 aliphatic carbocycles. The zero-order valence-corrected chi connectivity index (χ0v) is 14.1. The first-order chi connectivity index (χ1) is 10.7. The number of hydrogen-bond acceptors (Lipinski definition) is 3. The van der Waals surface area contributed by atoms with Crippen molar-refractivity contribution >= 4 is 17.1 Å². The molecule has 0 amide bonds. The van der Waals surface area contributed by atoms with E-state index in [4.69, 9.17) is 17.0 Å². The highest BCUT2D eigenvalue weighted by molar-refractivity contribution is 7.81. The minimum Gasteiger partial charge on any atom is -0.492 e. The smallest absolute Gasteiger partial charge is 0.119 e. The van der Waals surface area contributed by atoms with Crippen LogP contribution < -0.4 is 4.74 Å². The van der Waals surface area contributed by atoms with Gasteiger partial charge in [-0.3, -0.25) is 0 Å². The van der Waals surface area contributed by atoms with Gasteiger partial charge in [-0.05, 0) is 48.5 Å². The Morgan fingerprint density at radius 1 is 0.909 bits per heavy atom. The van der Waals surface area contributed by atoms with E-state index in [1.807, 2.05) is 54.6 Å². The highest BCUT2D eigenvalue weighted by Gasteiger charge is 2.05. The van der Waals surface area contributed by atoms with Crippen LogP contribution >= 0.6 is 12.2 Å². The third kappa shape index (κ3) is 4.65. The van der Waals surface area contributed by atoms with E-state index >= 15 is 0 Å². The molecule has 0 fully saturated rings. The van der Waals surface area contributed by atoms with Crippen LogP contribution in [0.1, 0.15) is 25.0 Å². The second-order valence-corrected chi connectivity index (χ2v) is 5.50. The normalized spacial score (nSPS) is 10.7. The molecule has 0 radical (unpaired) electrons. The van der Waals surface area contributed by atoms with E-state index in [0.717, 1.165) is 41.4 Å². The van der Waals surface area contributed by atoms with Gasteiger partial charge in [0, 0.05) is 6.54 Å². The minimum atomic E-state index is 0.712. The number of hydrogen-bond donors (Lipinski definition) is 0. The maximum atomic E-state index is 5.80. The number of benzene rings is 2. The van der Waals surface area contributed by atoms with Gasteiger partial charge in [0.2, 0.25) is 0 Å². The van der Waals surface area contributed by atoms with Crippen LogP contribution in [0.2, 0.25) is 0 Å². The van der Waals surface area contributed by atoms with Gasteiger partial charge in [0.1, 0.15) is 12.4 Å². The second-order valence-electron chi connectivity index (χ2n) is 5.09. The first-order valence-corrected chi connectivity index (χ1v) is 8.20. The Morgan fingerprint density at radius 2 is 1.50 bits per heavy atom. The Bertz CT molecular complexity index is 576. The summed E-state index contributed by atoms with van der Waals surface area (Å²) in [5.41, 5.74) is 2.13. The second kappa shape index (κ2) is 8.66. The molecule has 0 spiro atoms. The molecule has 116 valence electrons. The monoisotopic (exact) mass is 313 g/mol. The van der Waals surface area contributed by atoms with Crippen molar-refractivity contribution in [2.24, 2.45) is 0 Å². The predicted molar refractivity (Wildman–Crippen MR) is 97.0 cm³/mol. The molecular weight excluding hydrogens is 290 g/mol. The molecule has 0 heterocycles. The van der Waals surface area contributed by atoms with E-state index in [1.165, 1.54) is 0 Å². The summed E-state index contributed by atoms with van der Waals surface area (Å²) in [6.45, 7) is 8.13. The van der Waals surface area contributed by atoms with Crippen molar-refractivity contribution in [3.05, 3.63) is 65.7 Å². The van der Waals surface area contributed by atoms with Crippen molar-refractivity contribution < 1.29 is 4.74 Å². The first kappa shape index (κ1) is 16.7. The van der Waals surface area contributed by atoms with Gasteiger partial charge in [-0.25, -0.2) is 0 Å². The number of ether oxygens (including phenoxy) is 1. The van der Waals surface area contributed by atoms with Crippen LogP contribution in [0.15, 0.2) is 54.6 Å². The number of likely N-dealkylation sites (N-methyl/N-ethyl adjacent to an activating group) is 1. The SMILES string of the molecule is CCN(CC)CCOc1ccc(C(=S)c2ccccc2)cc1. The molecule has 0 atom stereocenters. The van der Waals surface area contributed by atoms with Crippen molar-refractivity contribution in [3.63, 3.8) is 0 Å². The van der Waals surface area contributed by atoms with Crippen molar-refractivity contribution in [1.29, 1.82) is 0 Å². The van der Waals surface area contributed by atoms with Crippen molar-refractivity contribution in [1.82, 2.24) is 4.90 Å². The topological polar surface area (TPSA) is 12.5 Å². The van der Waals surface area contributed by atoms with Crippen molar-refractivity contribution in [2.75, 3.05) is 26.2 Å². The number of rotatable bonds is 8. The zero-order valence-electron chi connectivity index (χ0n) is 13.3. The molecule has 3 heteroatoms. The minimum absolute atomic E-state index is 0.712. The molecule has 0 saturated carbocycles. The van der Waals surface area contributed by atoms with Crippen LogP contribution in [0.4, 0.5) is 0 Å². The first-order valence-electron chi connectivity index (χ1n) is 7.79. The van der Waals surface area contributed by atoms with E-state index in [0.29, 0.717) is 6.61 Å². The van der Waals surface area contributed by atoms with Crippen LogP contribution in [0.5, 0.6) is 5.75 Å². The Hall–Kier alpha value is -1.71. The molecule has 0 aromatic heterocycles. The van der Waals surface area contributed by atoms with E-state index in [1.54, 1.807) is 0 Å². The van der Waals surface area contributed by atoms with Crippen molar-refractivity contribution in [3.8, 4) is 5.75 Å². The number of nitrogens with zero attached hydrogens (tertiary/aromatic N) is 1. The van der Waals surface area contributed by atoms with Gasteiger partial charge in [-0.2, -0.15) is 0 Å². The number of thiocarbonyl (C=S) groups is 1. The fraction of sp³-hybridized carbons (Fsp3) is 0.316. The summed E-state index contributed by atoms with van der Waals surface area (Å²) >= 11 is 5.54. The van der Waals surface area contributed by atoms with Crippen LogP contribution in [0.25, 0.3) is 0 Å². The lowest BCUT2D eigenvalue weighted by atomic mass is 10.0. The lowest BCUT2D eigenvalue weighted by molar-refractivity contribution is 0.223. The Labute approximate surface area is 138 Å². The van der Waals surface area contributed by atoms with Crippen LogP contribution in [0.3, 0.4) is 0 Å². The molecule has 0 aliphatic heterocycles. The van der Waals surface area contributed by atoms with Crippen LogP contribution in [-0.4, -0.2) is 36.0 Å². The van der Waals surface area contributed by atoms with Gasteiger partial charge in [0.15, 0.2) is 0 Å². The summed E-state index contributed by atoms with van der Waals surface area (Å²) < 4.78 is 5.80. The lowest BCUT2D eigenvalue weighted by Gasteiger charge is -2.18. The molecule has 2 rings (SSSR count). The standard InChI is InChI=1S/C19H23NOS/c1-3-20(4-2)14-15-21-18-12-10-17(11-13-18)19(22)16-8-6-5-7-9-16/h5-13H,3-4,14-15H2,1-2H3. The predicted octanol–water partition coefficient (Wildman–Crippen LogP) is 4.17. The van der Waals surface area contributed by atoms with Gasteiger partial charge in [-0.1, -0.05) is 56.4 Å².